The standard InChI is InChI=1S/C5H6O2/c6-5-3-1-2-4-7-5/h1-2,5-6H,4H2. The van der Waals surface area contributed by atoms with E-state index in [1.165, 1.54) is 0 Å². The Labute approximate surface area is 42.4 Å². The summed E-state index contributed by atoms with van der Waals surface area (Å²) in [6, 6.07) is 0. The minimum Gasteiger partial charge on any atom is -0.367 e. The zero-order valence-electron chi connectivity index (χ0n) is 3.79. The summed E-state index contributed by atoms with van der Waals surface area (Å²) in [5.74, 6) is 0. The van der Waals surface area contributed by atoms with E-state index in [0.29, 0.717) is 6.61 Å². The Balaban J connectivity index is 2.32. The van der Waals surface area contributed by atoms with Gasteiger partial charge in [-0.25, -0.2) is 0 Å². The third kappa shape index (κ3) is 1.29. The van der Waals surface area contributed by atoms with Gasteiger partial charge < -0.3 is 9.84 Å². The summed E-state index contributed by atoms with van der Waals surface area (Å²) in [5, 5.41) is 8.52. The fourth-order valence-corrected chi connectivity index (χ4v) is 0.393. The van der Waals surface area contributed by atoms with Crippen molar-refractivity contribution in [2.24, 2.45) is 0 Å². The Morgan fingerprint density at radius 2 is 2.71 bits per heavy atom. The van der Waals surface area contributed by atoms with Crippen LogP contribution in [0.15, 0.2) is 12.2 Å². The Bertz CT molecular complexity index is 78.1. The van der Waals surface area contributed by atoms with E-state index in [-0.39, 0.29) is 0 Å². The molecule has 2 nitrogen and oxygen atoms in total. The minimum atomic E-state index is -0.801. The Morgan fingerprint density at radius 3 is 3.00 bits per heavy atom. The third-order valence-corrected chi connectivity index (χ3v) is 0.707. The zero-order chi connectivity index (χ0) is 5.11. The first-order chi connectivity index (χ1) is 3.39. The predicted octanol–water partition coefficient (Wildman–Crippen LogP) is -0.0275. The SMILES string of the molecule is OC1[C]C=CCO1. The molecule has 2 radical (unpaired) electrons. The maximum absolute atomic E-state index is 8.52. The van der Waals surface area contributed by atoms with Crippen LogP contribution < -0.4 is 0 Å². The van der Waals surface area contributed by atoms with Crippen LogP contribution in [0.4, 0.5) is 0 Å². The summed E-state index contributed by atoms with van der Waals surface area (Å²) in [5.41, 5.74) is 0. The second kappa shape index (κ2) is 2.09. The molecule has 1 aliphatic rings. The quantitative estimate of drug-likeness (QED) is 0.461. The number of aliphatic hydroxyl groups is 1. The maximum atomic E-state index is 8.52. The topological polar surface area (TPSA) is 29.5 Å². The van der Waals surface area contributed by atoms with Crippen molar-refractivity contribution in [3.05, 3.63) is 18.6 Å². The second-order valence-corrected chi connectivity index (χ2v) is 1.25. The van der Waals surface area contributed by atoms with Crippen LogP contribution in [0, 0.1) is 6.42 Å². The molecule has 0 fully saturated rings. The van der Waals surface area contributed by atoms with Crippen LogP contribution in [-0.2, 0) is 4.74 Å². The average molecular weight is 98.1 g/mol. The molecule has 1 aliphatic heterocycles. The molecular formula is C5H6O2. The normalized spacial score (nSPS) is 30.7. The van der Waals surface area contributed by atoms with Crippen molar-refractivity contribution in [3.8, 4) is 0 Å². The maximum Gasteiger partial charge on any atom is 0.166 e. The zero-order valence-corrected chi connectivity index (χ0v) is 3.79. The number of rotatable bonds is 0. The van der Waals surface area contributed by atoms with Gasteiger partial charge in [-0.1, -0.05) is 12.2 Å². The van der Waals surface area contributed by atoms with E-state index in [1.807, 2.05) is 0 Å². The van der Waals surface area contributed by atoms with Crippen molar-refractivity contribution in [1.29, 1.82) is 0 Å². The molecule has 0 aromatic rings. The molecule has 0 aliphatic carbocycles. The molecule has 0 aromatic carbocycles. The lowest BCUT2D eigenvalue weighted by atomic mass is 10.3. The molecule has 0 saturated heterocycles. The lowest BCUT2D eigenvalue weighted by molar-refractivity contribution is -0.0655. The van der Waals surface area contributed by atoms with Gasteiger partial charge in [-0.15, -0.1) is 0 Å². The average Bonchev–Trinajstić information content (AvgIpc) is 1.69. The lowest BCUT2D eigenvalue weighted by Gasteiger charge is -2.09. The molecule has 0 bridgehead atoms. The highest BCUT2D eigenvalue weighted by Crippen LogP contribution is 1.99. The molecular weight excluding hydrogens is 92.1 g/mol. The summed E-state index contributed by atoms with van der Waals surface area (Å²) < 4.78 is 4.64. The fraction of sp³-hybridized carbons (Fsp3) is 0.400. The monoisotopic (exact) mass is 98.0 g/mol. The summed E-state index contributed by atoms with van der Waals surface area (Å²) in [6.45, 7) is 0.494. The lowest BCUT2D eigenvalue weighted by Crippen LogP contribution is -2.14. The first-order valence-corrected chi connectivity index (χ1v) is 2.10. The van der Waals surface area contributed by atoms with E-state index in [1.54, 1.807) is 12.2 Å². The highest BCUT2D eigenvalue weighted by molar-refractivity contribution is 4.99. The molecule has 1 atom stereocenters. The molecule has 1 N–H and O–H groups in total. The largest absolute Gasteiger partial charge is 0.367 e. The van der Waals surface area contributed by atoms with Gasteiger partial charge in [0.1, 0.15) is 0 Å². The summed E-state index contributed by atoms with van der Waals surface area (Å²) in [6.07, 6.45) is 5.18. The van der Waals surface area contributed by atoms with Gasteiger partial charge in [-0.3, -0.25) is 0 Å². The van der Waals surface area contributed by atoms with Crippen LogP contribution in [0.2, 0.25) is 0 Å². The van der Waals surface area contributed by atoms with Gasteiger partial charge in [0, 0.05) is 0 Å². The van der Waals surface area contributed by atoms with Crippen molar-refractivity contribution < 1.29 is 9.84 Å². The molecule has 38 valence electrons. The Kier molecular flexibility index (Phi) is 1.44. The van der Waals surface area contributed by atoms with Gasteiger partial charge in [-0.05, 0) is 0 Å². The van der Waals surface area contributed by atoms with Crippen molar-refractivity contribution in [2.75, 3.05) is 6.61 Å². The van der Waals surface area contributed by atoms with Crippen molar-refractivity contribution >= 4 is 0 Å². The molecule has 0 saturated carbocycles. The number of hydrogen-bond donors (Lipinski definition) is 1. The van der Waals surface area contributed by atoms with E-state index in [4.69, 9.17) is 5.11 Å². The van der Waals surface area contributed by atoms with Gasteiger partial charge in [0.25, 0.3) is 0 Å². The third-order valence-electron chi connectivity index (χ3n) is 0.707. The minimum absolute atomic E-state index is 0.494. The van der Waals surface area contributed by atoms with E-state index in [9.17, 15) is 0 Å². The molecule has 7 heavy (non-hydrogen) atoms. The number of ether oxygens (including phenoxy) is 1. The smallest absolute Gasteiger partial charge is 0.166 e. The molecule has 2 heteroatoms. The van der Waals surface area contributed by atoms with Gasteiger partial charge >= 0.3 is 0 Å². The second-order valence-electron chi connectivity index (χ2n) is 1.25. The number of hydrogen-bond acceptors (Lipinski definition) is 2. The van der Waals surface area contributed by atoms with Crippen molar-refractivity contribution in [3.63, 3.8) is 0 Å². The van der Waals surface area contributed by atoms with E-state index in [0.717, 1.165) is 0 Å². The highest BCUT2D eigenvalue weighted by Gasteiger charge is 2.03. The molecule has 0 aromatic heterocycles. The molecule has 0 spiro atoms. The number of aliphatic hydroxyl groups excluding tert-OH is 1. The molecule has 1 rings (SSSR count). The van der Waals surface area contributed by atoms with E-state index < -0.39 is 6.29 Å². The summed E-state index contributed by atoms with van der Waals surface area (Å²) in [4.78, 5) is 0. The molecule has 1 unspecified atom stereocenters. The van der Waals surface area contributed by atoms with E-state index >= 15 is 0 Å². The van der Waals surface area contributed by atoms with Crippen LogP contribution in [0.1, 0.15) is 0 Å². The van der Waals surface area contributed by atoms with Gasteiger partial charge in [0.15, 0.2) is 6.29 Å². The van der Waals surface area contributed by atoms with Gasteiger partial charge in [-0.2, -0.15) is 0 Å². The first-order valence-electron chi connectivity index (χ1n) is 2.10. The van der Waals surface area contributed by atoms with Crippen LogP contribution in [0.5, 0.6) is 0 Å². The molecule has 1 heterocycles. The summed E-state index contributed by atoms with van der Waals surface area (Å²) >= 11 is 0. The van der Waals surface area contributed by atoms with Crippen LogP contribution in [-0.4, -0.2) is 18.0 Å². The Hall–Kier alpha value is -0.340. The van der Waals surface area contributed by atoms with Crippen LogP contribution in [0.3, 0.4) is 0 Å². The highest BCUT2D eigenvalue weighted by atomic mass is 16.6. The predicted molar refractivity (Wildman–Crippen MR) is 24.3 cm³/mol. The molecule has 0 amide bonds. The fourth-order valence-electron chi connectivity index (χ4n) is 0.393. The van der Waals surface area contributed by atoms with Crippen LogP contribution >= 0.6 is 0 Å². The van der Waals surface area contributed by atoms with Crippen molar-refractivity contribution in [2.45, 2.75) is 6.29 Å². The Morgan fingerprint density at radius 1 is 1.86 bits per heavy atom. The van der Waals surface area contributed by atoms with Gasteiger partial charge in [0.05, 0.1) is 13.0 Å². The van der Waals surface area contributed by atoms with Gasteiger partial charge in [0.2, 0.25) is 0 Å². The van der Waals surface area contributed by atoms with E-state index in [2.05, 4.69) is 11.2 Å². The summed E-state index contributed by atoms with van der Waals surface area (Å²) in [7, 11) is 0. The van der Waals surface area contributed by atoms with Crippen LogP contribution in [0.25, 0.3) is 0 Å². The first kappa shape index (κ1) is 4.81. The van der Waals surface area contributed by atoms with Crippen molar-refractivity contribution in [1.82, 2.24) is 0 Å².